The molecule has 2 amide bonds. The molecule has 1 unspecified atom stereocenters. The van der Waals surface area contributed by atoms with Gasteiger partial charge >= 0.3 is 0 Å². The van der Waals surface area contributed by atoms with Crippen molar-refractivity contribution in [3.8, 4) is 0 Å². The van der Waals surface area contributed by atoms with E-state index in [-0.39, 0.29) is 18.7 Å². The molecule has 8 nitrogen and oxygen atoms in total. The van der Waals surface area contributed by atoms with Gasteiger partial charge in [-0.2, -0.15) is 0 Å². The van der Waals surface area contributed by atoms with Crippen molar-refractivity contribution in [3.63, 3.8) is 0 Å². The number of aliphatic hydroxyl groups is 1. The first-order valence-corrected chi connectivity index (χ1v) is 9.75. The van der Waals surface area contributed by atoms with Gasteiger partial charge in [0.2, 0.25) is 6.41 Å². The molecule has 0 radical (unpaired) electrons. The van der Waals surface area contributed by atoms with Gasteiger partial charge in [0, 0.05) is 31.1 Å². The predicted molar refractivity (Wildman–Crippen MR) is 114 cm³/mol. The van der Waals surface area contributed by atoms with E-state index in [1.54, 1.807) is 31.2 Å². The second-order valence-corrected chi connectivity index (χ2v) is 6.89. The normalized spacial score (nSPS) is 12.6. The maximum Gasteiger partial charge on any atom is 0.255 e. The highest BCUT2D eigenvalue weighted by Crippen LogP contribution is 2.17. The monoisotopic (exact) mass is 431 g/mol. The quantitative estimate of drug-likeness (QED) is 0.348. The minimum atomic E-state index is -1.39. The van der Waals surface area contributed by atoms with E-state index < -0.39 is 23.9 Å². The fourth-order valence-electron chi connectivity index (χ4n) is 2.79. The van der Waals surface area contributed by atoms with Crippen LogP contribution in [0, 0.1) is 5.82 Å². The van der Waals surface area contributed by atoms with Crippen LogP contribution in [-0.2, 0) is 20.9 Å². The van der Waals surface area contributed by atoms with Crippen LogP contribution in [0.15, 0.2) is 42.5 Å². The summed E-state index contributed by atoms with van der Waals surface area (Å²) < 4.78 is 18.9. The van der Waals surface area contributed by atoms with Crippen LogP contribution in [-0.4, -0.2) is 49.1 Å². The van der Waals surface area contributed by atoms with Crippen LogP contribution in [0.4, 0.5) is 15.8 Å². The lowest BCUT2D eigenvalue weighted by Crippen LogP contribution is -2.38. The van der Waals surface area contributed by atoms with Crippen molar-refractivity contribution in [2.45, 2.75) is 32.1 Å². The highest BCUT2D eigenvalue weighted by molar-refractivity contribution is 5.94. The van der Waals surface area contributed by atoms with Crippen LogP contribution >= 0.6 is 0 Å². The van der Waals surface area contributed by atoms with Crippen molar-refractivity contribution in [2.24, 2.45) is 5.73 Å². The summed E-state index contributed by atoms with van der Waals surface area (Å²) in [6.07, 6.45) is -0.815. The molecule has 2 aromatic rings. The molecule has 0 aromatic heterocycles. The Morgan fingerprint density at radius 2 is 1.97 bits per heavy atom. The fourth-order valence-corrected chi connectivity index (χ4v) is 2.79. The smallest absolute Gasteiger partial charge is 0.255 e. The number of ether oxygens (including phenoxy) is 1. The first-order valence-electron chi connectivity index (χ1n) is 9.75. The van der Waals surface area contributed by atoms with Crippen molar-refractivity contribution in [2.75, 3.05) is 23.4 Å². The molecule has 0 aliphatic heterocycles. The second-order valence-electron chi connectivity index (χ2n) is 6.89. The third-order valence-corrected chi connectivity index (χ3v) is 4.66. The minimum absolute atomic E-state index is 0.138. The highest BCUT2D eigenvalue weighted by Gasteiger charge is 2.23. The van der Waals surface area contributed by atoms with Crippen LogP contribution in [0.5, 0.6) is 0 Å². The number of carbonyl (C=O) groups excluding carboxylic acids is 3. The number of rotatable bonds is 12. The summed E-state index contributed by atoms with van der Waals surface area (Å²) in [5, 5.41) is 12.8. The molecular weight excluding hydrogens is 405 g/mol. The summed E-state index contributed by atoms with van der Waals surface area (Å²) >= 11 is 0. The number of hydrogen-bond acceptors (Lipinski definition) is 6. The molecule has 4 N–H and O–H groups in total. The lowest BCUT2D eigenvalue weighted by Gasteiger charge is -2.21. The number of halogens is 1. The molecular formula is C22H26FN3O5. The predicted octanol–water partition coefficient (Wildman–Crippen LogP) is 1.85. The number of amides is 2. The first-order chi connectivity index (χ1) is 14.9. The van der Waals surface area contributed by atoms with Crippen molar-refractivity contribution in [1.29, 1.82) is 0 Å². The standard InChI is InChI=1S/C22H26FN3O5/c1-15(21(29)22(30)25-18-5-3-16(12-24)4-6-18)31-10-2-9-26(14-28)19-7-8-20(23)17(11-19)13-27/h3-8,11,13-15,21,29H,2,9-10,12,24H2,1H3,(H,25,30)/t15-,21?/m0/s1. The first kappa shape index (κ1) is 24.1. The van der Waals surface area contributed by atoms with Crippen LogP contribution in [0.1, 0.15) is 29.3 Å². The van der Waals surface area contributed by atoms with Gasteiger partial charge in [0.15, 0.2) is 12.4 Å². The molecule has 9 heteroatoms. The molecule has 2 atom stereocenters. The maximum atomic E-state index is 13.4. The zero-order valence-electron chi connectivity index (χ0n) is 17.2. The van der Waals surface area contributed by atoms with Gasteiger partial charge in [0.05, 0.1) is 11.7 Å². The summed E-state index contributed by atoms with van der Waals surface area (Å²) in [5.74, 6) is -1.26. The largest absolute Gasteiger partial charge is 0.381 e. The second kappa shape index (κ2) is 11.9. The van der Waals surface area contributed by atoms with Gasteiger partial charge in [0.1, 0.15) is 5.82 Å². The Hall–Kier alpha value is -3.14. The molecule has 0 fully saturated rings. The van der Waals surface area contributed by atoms with Gasteiger partial charge in [-0.1, -0.05) is 12.1 Å². The summed E-state index contributed by atoms with van der Waals surface area (Å²) in [5.41, 5.74) is 7.23. The van der Waals surface area contributed by atoms with E-state index in [2.05, 4.69) is 5.32 Å². The van der Waals surface area contributed by atoms with Crippen LogP contribution < -0.4 is 16.0 Å². The van der Waals surface area contributed by atoms with E-state index in [0.29, 0.717) is 37.0 Å². The SMILES string of the molecule is C[C@H](OCCCN(C=O)c1ccc(F)c(C=O)c1)C(O)C(=O)Nc1ccc(CN)cc1. The Bertz CT molecular complexity index is 891. The molecule has 0 saturated carbocycles. The van der Waals surface area contributed by atoms with E-state index >= 15 is 0 Å². The number of aliphatic hydroxyl groups excluding tert-OH is 1. The van der Waals surface area contributed by atoms with E-state index in [1.165, 1.54) is 17.0 Å². The van der Waals surface area contributed by atoms with Crippen molar-refractivity contribution in [1.82, 2.24) is 0 Å². The number of benzene rings is 2. The Morgan fingerprint density at radius 3 is 2.58 bits per heavy atom. The zero-order valence-corrected chi connectivity index (χ0v) is 17.2. The van der Waals surface area contributed by atoms with E-state index in [4.69, 9.17) is 10.5 Å². The topological polar surface area (TPSA) is 122 Å². The summed E-state index contributed by atoms with van der Waals surface area (Å²) in [6, 6.07) is 10.7. The van der Waals surface area contributed by atoms with E-state index in [9.17, 15) is 23.9 Å². The molecule has 0 aliphatic rings. The van der Waals surface area contributed by atoms with Crippen LogP contribution in [0.3, 0.4) is 0 Å². The number of hydrogen-bond donors (Lipinski definition) is 3. The molecule has 0 bridgehead atoms. The maximum absolute atomic E-state index is 13.4. The van der Waals surface area contributed by atoms with E-state index in [1.807, 2.05) is 0 Å². The zero-order chi connectivity index (χ0) is 22.8. The highest BCUT2D eigenvalue weighted by atomic mass is 19.1. The molecule has 2 rings (SSSR count). The molecule has 0 heterocycles. The lowest BCUT2D eigenvalue weighted by atomic mass is 10.2. The van der Waals surface area contributed by atoms with Gasteiger partial charge in [0.25, 0.3) is 5.91 Å². The Kier molecular flexibility index (Phi) is 9.26. The molecule has 0 saturated heterocycles. The Balaban J connectivity index is 1.80. The fraction of sp³-hybridized carbons (Fsp3) is 0.318. The Morgan fingerprint density at radius 1 is 1.26 bits per heavy atom. The van der Waals surface area contributed by atoms with Gasteiger partial charge in [-0.3, -0.25) is 14.4 Å². The molecule has 166 valence electrons. The average molecular weight is 431 g/mol. The minimum Gasteiger partial charge on any atom is -0.381 e. The van der Waals surface area contributed by atoms with Gasteiger partial charge in [-0.05, 0) is 49.2 Å². The van der Waals surface area contributed by atoms with Crippen molar-refractivity contribution >= 4 is 30.0 Å². The van der Waals surface area contributed by atoms with Gasteiger partial charge in [-0.15, -0.1) is 0 Å². The third kappa shape index (κ3) is 6.95. The van der Waals surface area contributed by atoms with Gasteiger partial charge in [-0.25, -0.2) is 4.39 Å². The van der Waals surface area contributed by atoms with E-state index in [0.717, 1.165) is 11.6 Å². The van der Waals surface area contributed by atoms with Crippen LogP contribution in [0.25, 0.3) is 0 Å². The summed E-state index contributed by atoms with van der Waals surface area (Å²) in [7, 11) is 0. The Labute approximate surface area is 179 Å². The van der Waals surface area contributed by atoms with Crippen molar-refractivity contribution < 1.29 is 28.6 Å². The molecule has 31 heavy (non-hydrogen) atoms. The lowest BCUT2D eigenvalue weighted by molar-refractivity contribution is -0.131. The average Bonchev–Trinajstić information content (AvgIpc) is 2.79. The number of nitrogens with zero attached hydrogens (tertiary/aromatic N) is 1. The number of carbonyl (C=O) groups is 3. The number of anilines is 2. The third-order valence-electron chi connectivity index (χ3n) is 4.66. The molecule has 2 aromatic carbocycles. The van der Waals surface area contributed by atoms with Gasteiger partial charge < -0.3 is 25.8 Å². The number of nitrogens with one attached hydrogen (secondary N) is 1. The molecule has 0 spiro atoms. The summed E-state index contributed by atoms with van der Waals surface area (Å²) in [6.45, 7) is 2.37. The van der Waals surface area contributed by atoms with Crippen LogP contribution in [0.2, 0.25) is 0 Å². The summed E-state index contributed by atoms with van der Waals surface area (Å²) in [4.78, 5) is 35.7. The van der Waals surface area contributed by atoms with Crippen molar-refractivity contribution in [3.05, 3.63) is 59.4 Å². The number of nitrogens with two attached hydrogens (primary N) is 1. The number of aldehydes is 1. The molecule has 0 aliphatic carbocycles.